The quantitative estimate of drug-likeness (QED) is 0.793. The number of urea groups is 1. The van der Waals surface area contributed by atoms with E-state index in [1.807, 2.05) is 0 Å². The van der Waals surface area contributed by atoms with Gasteiger partial charge in [0, 0.05) is 6.54 Å². The molecular weight excluding hydrogens is 263 g/mol. The van der Waals surface area contributed by atoms with Gasteiger partial charge >= 0.3 is 12.0 Å². The molecule has 0 heterocycles. The van der Waals surface area contributed by atoms with Crippen molar-refractivity contribution in [3.05, 3.63) is 29.6 Å². The number of carboxylic acids is 1. The molecule has 3 N–H and O–H groups in total. The third kappa shape index (κ3) is 3.07. The Bertz CT molecular complexity index is 541. The third-order valence-electron chi connectivity index (χ3n) is 3.71. The van der Waals surface area contributed by atoms with Gasteiger partial charge in [0.2, 0.25) is 0 Å². The van der Waals surface area contributed by atoms with Crippen LogP contribution in [-0.4, -0.2) is 23.7 Å². The highest BCUT2D eigenvalue weighted by molar-refractivity contribution is 6.00. The summed E-state index contributed by atoms with van der Waals surface area (Å²) in [6, 6.07) is 3.23. The Morgan fingerprint density at radius 2 is 2.10 bits per heavy atom. The molecule has 0 atom stereocenters. The first-order valence-electron chi connectivity index (χ1n) is 6.48. The Kier molecular flexibility index (Phi) is 3.92. The van der Waals surface area contributed by atoms with Crippen LogP contribution < -0.4 is 10.6 Å². The second-order valence-corrected chi connectivity index (χ2v) is 5.44. The summed E-state index contributed by atoms with van der Waals surface area (Å²) in [6.45, 7) is 2.61. The number of aromatic carboxylic acids is 1. The van der Waals surface area contributed by atoms with Crippen molar-refractivity contribution in [2.45, 2.75) is 26.2 Å². The monoisotopic (exact) mass is 280 g/mol. The zero-order valence-electron chi connectivity index (χ0n) is 11.2. The zero-order valence-corrected chi connectivity index (χ0v) is 11.2. The van der Waals surface area contributed by atoms with Gasteiger partial charge in [0.05, 0.1) is 5.69 Å². The number of anilines is 1. The smallest absolute Gasteiger partial charge is 0.340 e. The number of carbonyl (C=O) groups excluding carboxylic acids is 1. The first-order chi connectivity index (χ1) is 9.41. The lowest BCUT2D eigenvalue weighted by atomic mass is 9.70. The normalized spacial score (nSPS) is 16.1. The Balaban J connectivity index is 2.00. The van der Waals surface area contributed by atoms with Crippen molar-refractivity contribution in [3.8, 4) is 0 Å². The van der Waals surface area contributed by atoms with Crippen LogP contribution in [0.25, 0.3) is 0 Å². The molecule has 0 radical (unpaired) electrons. The second kappa shape index (κ2) is 5.48. The van der Waals surface area contributed by atoms with Gasteiger partial charge in [-0.1, -0.05) is 19.4 Å². The number of amides is 2. The molecule has 1 aromatic rings. The molecule has 0 unspecified atom stereocenters. The van der Waals surface area contributed by atoms with Gasteiger partial charge in [-0.25, -0.2) is 14.0 Å². The minimum atomic E-state index is -1.41. The van der Waals surface area contributed by atoms with E-state index >= 15 is 0 Å². The summed E-state index contributed by atoms with van der Waals surface area (Å²) in [5, 5.41) is 14.0. The molecule has 0 saturated heterocycles. The van der Waals surface area contributed by atoms with Crippen molar-refractivity contribution < 1.29 is 19.1 Å². The summed E-state index contributed by atoms with van der Waals surface area (Å²) in [4.78, 5) is 22.7. The van der Waals surface area contributed by atoms with Crippen LogP contribution >= 0.6 is 0 Å². The molecule has 6 heteroatoms. The predicted octanol–water partition coefficient (Wildman–Crippen LogP) is 2.84. The molecule has 5 nitrogen and oxygen atoms in total. The maximum absolute atomic E-state index is 13.4. The Morgan fingerprint density at radius 1 is 1.40 bits per heavy atom. The summed E-state index contributed by atoms with van der Waals surface area (Å²) in [5.74, 6) is -2.29. The molecule has 0 spiro atoms. The molecule has 1 fully saturated rings. The first kappa shape index (κ1) is 14.3. The number of benzene rings is 1. The standard InChI is InChI=1S/C14H17FN2O3/c1-14(6-3-7-14)8-16-13(20)17-10-5-2-4-9(15)11(10)12(18)19/h2,4-5H,3,6-8H2,1H3,(H,18,19)(H2,16,17,20). The molecule has 1 aliphatic rings. The SMILES string of the molecule is CC1(CNC(=O)Nc2cccc(F)c2C(=O)O)CCC1. The number of rotatable bonds is 4. The summed E-state index contributed by atoms with van der Waals surface area (Å²) < 4.78 is 13.4. The highest BCUT2D eigenvalue weighted by atomic mass is 19.1. The van der Waals surface area contributed by atoms with Gasteiger partial charge in [0.1, 0.15) is 11.4 Å². The fraction of sp³-hybridized carbons (Fsp3) is 0.429. The molecule has 1 aromatic carbocycles. The van der Waals surface area contributed by atoms with Crippen LogP contribution in [0, 0.1) is 11.2 Å². The topological polar surface area (TPSA) is 78.4 Å². The minimum absolute atomic E-state index is 0.0474. The van der Waals surface area contributed by atoms with E-state index in [9.17, 15) is 14.0 Å². The van der Waals surface area contributed by atoms with Gasteiger partial charge in [-0.3, -0.25) is 0 Å². The average molecular weight is 280 g/mol. The Morgan fingerprint density at radius 3 is 2.65 bits per heavy atom. The van der Waals surface area contributed by atoms with E-state index in [1.165, 1.54) is 12.1 Å². The largest absolute Gasteiger partial charge is 0.478 e. The van der Waals surface area contributed by atoms with Crippen LogP contribution in [0.15, 0.2) is 18.2 Å². The highest BCUT2D eigenvalue weighted by Gasteiger charge is 2.31. The van der Waals surface area contributed by atoms with Crippen LogP contribution in [0.4, 0.5) is 14.9 Å². The molecule has 0 aliphatic heterocycles. The van der Waals surface area contributed by atoms with Crippen molar-refractivity contribution in [2.24, 2.45) is 5.41 Å². The van der Waals surface area contributed by atoms with Gasteiger partial charge in [-0.2, -0.15) is 0 Å². The predicted molar refractivity (Wildman–Crippen MR) is 72.3 cm³/mol. The van der Waals surface area contributed by atoms with Crippen LogP contribution in [-0.2, 0) is 0 Å². The molecule has 20 heavy (non-hydrogen) atoms. The van der Waals surface area contributed by atoms with E-state index in [4.69, 9.17) is 5.11 Å². The lowest BCUT2D eigenvalue weighted by Gasteiger charge is -2.38. The van der Waals surface area contributed by atoms with Crippen LogP contribution in [0.5, 0.6) is 0 Å². The van der Waals surface area contributed by atoms with Gasteiger partial charge in [-0.05, 0) is 30.4 Å². The fourth-order valence-corrected chi connectivity index (χ4v) is 2.26. The Labute approximate surface area is 116 Å². The molecule has 108 valence electrons. The number of carboxylic acid groups (broad SMARTS) is 1. The average Bonchev–Trinajstić information content (AvgIpc) is 2.33. The minimum Gasteiger partial charge on any atom is -0.478 e. The fourth-order valence-electron chi connectivity index (χ4n) is 2.26. The maximum atomic E-state index is 13.4. The van der Waals surface area contributed by atoms with Crippen molar-refractivity contribution in [3.63, 3.8) is 0 Å². The van der Waals surface area contributed by atoms with Gasteiger partial charge in [0.25, 0.3) is 0 Å². The summed E-state index contributed by atoms with van der Waals surface area (Å²) in [7, 11) is 0. The van der Waals surface area contributed by atoms with E-state index in [-0.39, 0.29) is 11.1 Å². The second-order valence-electron chi connectivity index (χ2n) is 5.44. The van der Waals surface area contributed by atoms with Crippen molar-refractivity contribution in [1.82, 2.24) is 5.32 Å². The molecule has 2 rings (SSSR count). The first-order valence-corrected chi connectivity index (χ1v) is 6.48. The summed E-state index contributed by atoms with van der Waals surface area (Å²) >= 11 is 0. The molecule has 0 bridgehead atoms. The molecule has 2 amide bonds. The van der Waals surface area contributed by atoms with Gasteiger partial charge in [0.15, 0.2) is 0 Å². The number of hydrogen-bond acceptors (Lipinski definition) is 2. The van der Waals surface area contributed by atoms with E-state index < -0.39 is 23.4 Å². The van der Waals surface area contributed by atoms with Crippen molar-refractivity contribution >= 4 is 17.7 Å². The van der Waals surface area contributed by atoms with Crippen LogP contribution in [0.1, 0.15) is 36.5 Å². The number of nitrogens with one attached hydrogen (secondary N) is 2. The lowest BCUT2D eigenvalue weighted by molar-refractivity contribution is 0.0693. The number of halogens is 1. The molecule has 1 saturated carbocycles. The lowest BCUT2D eigenvalue weighted by Crippen LogP contribution is -2.41. The van der Waals surface area contributed by atoms with Crippen molar-refractivity contribution in [2.75, 3.05) is 11.9 Å². The van der Waals surface area contributed by atoms with Gasteiger partial charge in [-0.15, -0.1) is 0 Å². The van der Waals surface area contributed by atoms with Crippen molar-refractivity contribution in [1.29, 1.82) is 0 Å². The summed E-state index contributed by atoms with van der Waals surface area (Å²) in [5.41, 5.74) is -0.458. The van der Waals surface area contributed by atoms with E-state index in [0.717, 1.165) is 25.3 Å². The van der Waals surface area contributed by atoms with E-state index in [1.54, 1.807) is 0 Å². The molecular formula is C14H17FN2O3. The van der Waals surface area contributed by atoms with Crippen LogP contribution in [0.2, 0.25) is 0 Å². The van der Waals surface area contributed by atoms with Crippen LogP contribution in [0.3, 0.4) is 0 Å². The molecule has 0 aromatic heterocycles. The highest BCUT2D eigenvalue weighted by Crippen LogP contribution is 2.39. The van der Waals surface area contributed by atoms with E-state index in [2.05, 4.69) is 17.6 Å². The zero-order chi connectivity index (χ0) is 14.8. The molecule has 1 aliphatic carbocycles. The number of carbonyl (C=O) groups is 2. The number of hydrogen-bond donors (Lipinski definition) is 3. The maximum Gasteiger partial charge on any atom is 0.340 e. The summed E-state index contributed by atoms with van der Waals surface area (Å²) in [6.07, 6.45) is 3.29. The Hall–Kier alpha value is -2.11. The third-order valence-corrected chi connectivity index (χ3v) is 3.71. The van der Waals surface area contributed by atoms with Gasteiger partial charge < -0.3 is 15.7 Å². The van der Waals surface area contributed by atoms with E-state index in [0.29, 0.717) is 6.54 Å².